The largest absolute Gasteiger partial charge is 0.207 e. The lowest BCUT2D eigenvalue weighted by molar-refractivity contribution is 0.604. The average molecular weight is 206 g/mol. The molecule has 1 unspecified atom stereocenters. The molecule has 0 radical (unpaired) electrons. The average Bonchev–Trinajstić information content (AvgIpc) is 2.27. The second kappa shape index (κ2) is 5.11. The van der Waals surface area contributed by atoms with Gasteiger partial charge in [0.05, 0.1) is 0 Å². The van der Waals surface area contributed by atoms with E-state index in [0.29, 0.717) is 5.92 Å². The maximum atomic E-state index is 13.6. The first-order valence-electron chi connectivity index (χ1n) is 5.58. The summed E-state index contributed by atoms with van der Waals surface area (Å²) in [5, 5.41) is 0. The van der Waals surface area contributed by atoms with Crippen molar-refractivity contribution in [3.8, 4) is 0 Å². The summed E-state index contributed by atoms with van der Waals surface area (Å²) in [7, 11) is 0. The molecule has 0 aliphatic carbocycles. The minimum Gasteiger partial charge on any atom is -0.207 e. The van der Waals surface area contributed by atoms with Gasteiger partial charge in [-0.25, -0.2) is 4.39 Å². The van der Waals surface area contributed by atoms with Crippen LogP contribution in [0, 0.1) is 5.82 Å². The molecule has 1 heteroatoms. The predicted molar refractivity (Wildman–Crippen MR) is 64.6 cm³/mol. The molecule has 0 nitrogen and oxygen atoms in total. The predicted octanol–water partition coefficient (Wildman–Crippen LogP) is 4.54. The van der Waals surface area contributed by atoms with Crippen LogP contribution in [-0.4, -0.2) is 0 Å². The molecule has 0 aliphatic heterocycles. The van der Waals surface area contributed by atoms with Gasteiger partial charge in [0, 0.05) is 0 Å². The third kappa shape index (κ3) is 2.47. The van der Waals surface area contributed by atoms with E-state index in [1.165, 1.54) is 0 Å². The number of aryl methyl sites for hydroxylation is 1. The second-order valence-corrected chi connectivity index (χ2v) is 3.94. The van der Waals surface area contributed by atoms with Crippen LogP contribution in [0.15, 0.2) is 18.7 Å². The monoisotopic (exact) mass is 206 g/mol. The Labute approximate surface area is 91.8 Å². The van der Waals surface area contributed by atoms with Crippen LogP contribution in [0.5, 0.6) is 0 Å². The number of hydrogen-bond acceptors (Lipinski definition) is 0. The fourth-order valence-electron chi connectivity index (χ4n) is 1.75. The third-order valence-electron chi connectivity index (χ3n) is 3.00. The third-order valence-corrected chi connectivity index (χ3v) is 3.00. The van der Waals surface area contributed by atoms with Crippen LogP contribution in [0.1, 0.15) is 49.8 Å². The lowest BCUT2D eigenvalue weighted by Crippen LogP contribution is -1.99. The molecule has 0 aliphatic rings. The highest BCUT2D eigenvalue weighted by molar-refractivity contribution is 5.54. The van der Waals surface area contributed by atoms with E-state index in [1.807, 2.05) is 19.1 Å². The molecule has 15 heavy (non-hydrogen) atoms. The number of hydrogen-bond donors (Lipinski definition) is 0. The van der Waals surface area contributed by atoms with Crippen molar-refractivity contribution in [1.29, 1.82) is 0 Å². The Morgan fingerprint density at radius 3 is 2.53 bits per heavy atom. The fraction of sp³-hybridized carbons (Fsp3) is 0.429. The smallest absolute Gasteiger partial charge is 0.126 e. The van der Waals surface area contributed by atoms with E-state index in [0.717, 1.165) is 29.5 Å². The summed E-state index contributed by atoms with van der Waals surface area (Å²) in [5.74, 6) is 0.303. The zero-order valence-corrected chi connectivity index (χ0v) is 9.81. The Bertz CT molecular complexity index is 353. The van der Waals surface area contributed by atoms with Crippen LogP contribution in [-0.2, 0) is 6.42 Å². The van der Waals surface area contributed by atoms with Gasteiger partial charge in [0.25, 0.3) is 0 Å². The van der Waals surface area contributed by atoms with Crippen LogP contribution >= 0.6 is 0 Å². The maximum absolute atomic E-state index is 13.6. The van der Waals surface area contributed by atoms with Gasteiger partial charge in [-0.2, -0.15) is 0 Å². The van der Waals surface area contributed by atoms with Gasteiger partial charge in [0.2, 0.25) is 0 Å². The summed E-state index contributed by atoms with van der Waals surface area (Å²) in [6, 6.07) is 3.59. The Morgan fingerprint density at radius 1 is 1.40 bits per heavy atom. The van der Waals surface area contributed by atoms with Crippen LogP contribution < -0.4 is 0 Å². The van der Waals surface area contributed by atoms with E-state index in [9.17, 15) is 4.39 Å². The molecule has 0 fully saturated rings. The van der Waals surface area contributed by atoms with E-state index in [4.69, 9.17) is 0 Å². The highest BCUT2D eigenvalue weighted by atomic mass is 19.1. The van der Waals surface area contributed by atoms with Gasteiger partial charge < -0.3 is 0 Å². The maximum Gasteiger partial charge on any atom is 0.126 e. The lowest BCUT2D eigenvalue weighted by Gasteiger charge is -2.14. The Kier molecular flexibility index (Phi) is 4.07. The van der Waals surface area contributed by atoms with Gasteiger partial charge in [-0.1, -0.05) is 33.4 Å². The van der Waals surface area contributed by atoms with Crippen LogP contribution in [0.2, 0.25) is 0 Å². The first kappa shape index (κ1) is 12.0. The molecule has 0 heterocycles. The summed E-state index contributed by atoms with van der Waals surface area (Å²) < 4.78 is 13.6. The first-order chi connectivity index (χ1) is 7.13. The number of benzene rings is 1. The molecule has 0 bridgehead atoms. The van der Waals surface area contributed by atoms with Crippen molar-refractivity contribution in [2.75, 3.05) is 0 Å². The zero-order valence-electron chi connectivity index (χ0n) is 9.81. The summed E-state index contributed by atoms with van der Waals surface area (Å²) in [6.45, 7) is 9.99. The quantitative estimate of drug-likeness (QED) is 0.678. The number of halogens is 1. The van der Waals surface area contributed by atoms with Crippen LogP contribution in [0.4, 0.5) is 4.39 Å². The molecule has 1 rings (SSSR count). The Hall–Kier alpha value is -1.11. The fourth-order valence-corrected chi connectivity index (χ4v) is 1.75. The van der Waals surface area contributed by atoms with Gasteiger partial charge in [-0.3, -0.25) is 0 Å². The van der Waals surface area contributed by atoms with Crippen LogP contribution in [0.3, 0.4) is 0 Å². The molecule has 1 aromatic carbocycles. The standard InChI is InChI=1S/C14H19F/c1-5-10(4)13-9-14(15)12(7-3)8-11(13)6-2/h6,8-10H,2,5,7H2,1,3-4H3. The van der Waals surface area contributed by atoms with Crippen molar-refractivity contribution < 1.29 is 4.39 Å². The molecule has 0 saturated heterocycles. The van der Waals surface area contributed by atoms with Crippen molar-refractivity contribution >= 4 is 6.08 Å². The first-order valence-corrected chi connectivity index (χ1v) is 5.58. The van der Waals surface area contributed by atoms with Crippen molar-refractivity contribution in [3.63, 3.8) is 0 Å². The van der Waals surface area contributed by atoms with E-state index >= 15 is 0 Å². The molecule has 0 N–H and O–H groups in total. The van der Waals surface area contributed by atoms with E-state index in [2.05, 4.69) is 20.4 Å². The van der Waals surface area contributed by atoms with Gasteiger partial charge in [-0.05, 0) is 47.6 Å². The molecule has 1 atom stereocenters. The summed E-state index contributed by atoms with van der Waals surface area (Å²) in [6.07, 6.45) is 3.57. The molecule has 0 aromatic heterocycles. The zero-order chi connectivity index (χ0) is 11.4. The normalized spacial score (nSPS) is 12.5. The number of rotatable bonds is 4. The van der Waals surface area contributed by atoms with E-state index in [-0.39, 0.29) is 5.82 Å². The highest BCUT2D eigenvalue weighted by Crippen LogP contribution is 2.26. The van der Waals surface area contributed by atoms with Gasteiger partial charge >= 0.3 is 0 Å². The summed E-state index contributed by atoms with van der Waals surface area (Å²) in [5.41, 5.74) is 2.92. The topological polar surface area (TPSA) is 0 Å². The SMILES string of the molecule is C=Cc1cc(CC)c(F)cc1C(C)CC. The molecule has 1 aromatic rings. The molecule has 82 valence electrons. The van der Waals surface area contributed by atoms with Crippen molar-refractivity contribution in [3.05, 3.63) is 41.2 Å². The lowest BCUT2D eigenvalue weighted by atomic mass is 9.91. The Morgan fingerprint density at radius 2 is 2.07 bits per heavy atom. The summed E-state index contributed by atoms with van der Waals surface area (Å²) >= 11 is 0. The highest BCUT2D eigenvalue weighted by Gasteiger charge is 2.11. The minimum absolute atomic E-state index is 0.0848. The molecule has 0 spiro atoms. The van der Waals surface area contributed by atoms with E-state index < -0.39 is 0 Å². The summed E-state index contributed by atoms with van der Waals surface area (Å²) in [4.78, 5) is 0. The van der Waals surface area contributed by atoms with Gasteiger partial charge in [-0.15, -0.1) is 0 Å². The van der Waals surface area contributed by atoms with Crippen molar-refractivity contribution in [2.24, 2.45) is 0 Å². The van der Waals surface area contributed by atoms with Crippen molar-refractivity contribution in [1.82, 2.24) is 0 Å². The van der Waals surface area contributed by atoms with Crippen molar-refractivity contribution in [2.45, 2.75) is 39.5 Å². The van der Waals surface area contributed by atoms with Gasteiger partial charge in [0.1, 0.15) is 5.82 Å². The minimum atomic E-state index is -0.0848. The molecular weight excluding hydrogens is 187 g/mol. The Balaban J connectivity index is 3.27. The molecular formula is C14H19F. The van der Waals surface area contributed by atoms with Gasteiger partial charge in [0.15, 0.2) is 0 Å². The second-order valence-electron chi connectivity index (χ2n) is 3.94. The van der Waals surface area contributed by atoms with Crippen LogP contribution in [0.25, 0.3) is 6.08 Å². The van der Waals surface area contributed by atoms with E-state index in [1.54, 1.807) is 6.07 Å². The molecule has 0 saturated carbocycles. The molecule has 0 amide bonds.